The number of hydrogen-bond donors (Lipinski definition) is 0. The van der Waals surface area contributed by atoms with Crippen LogP contribution >= 0.6 is 0 Å². The fourth-order valence-electron chi connectivity index (χ4n) is 2.98. The van der Waals surface area contributed by atoms with Crippen molar-refractivity contribution in [1.82, 2.24) is 4.57 Å². The number of nitrogens with zero attached hydrogens (tertiary/aromatic N) is 1. The molecular weight excluding hydrogens is 258 g/mol. The topological polar surface area (TPSA) is 3.24 Å². The summed E-state index contributed by atoms with van der Waals surface area (Å²) in [5, 5.41) is 0. The average molecular weight is 300 g/mol. The largest absolute Gasteiger partial charge is 0.332 e. The van der Waals surface area contributed by atoms with Gasteiger partial charge in [-0.15, -0.1) is 0 Å². The quantitative estimate of drug-likeness (QED) is 0.301. The van der Waals surface area contributed by atoms with Crippen LogP contribution < -0.4 is 0 Å². The summed E-state index contributed by atoms with van der Waals surface area (Å²) in [4.78, 5) is 0. The molecule has 0 unspecified atom stereocenters. The average Bonchev–Trinajstić information content (AvgIpc) is 2.43. The summed E-state index contributed by atoms with van der Waals surface area (Å²) in [5.41, 5.74) is 0. The standard InChI is InChI=1S/C18H41NSi/c1-4-6-8-10-12-14-16-18(19(3)20)17-15-13-11-9-7-5-2/h18H,4-17H2,1-3,20H3. The number of unbranched alkanes of at least 4 members (excludes halogenated alkanes) is 10. The van der Waals surface area contributed by atoms with Gasteiger partial charge >= 0.3 is 0 Å². The first kappa shape index (κ1) is 20.2. The molecule has 0 fully saturated rings. The van der Waals surface area contributed by atoms with Crippen LogP contribution in [0.15, 0.2) is 0 Å². The Morgan fingerprint density at radius 3 is 1.35 bits per heavy atom. The van der Waals surface area contributed by atoms with Gasteiger partial charge in [-0.05, 0) is 19.9 Å². The van der Waals surface area contributed by atoms with Gasteiger partial charge < -0.3 is 4.57 Å². The maximum absolute atomic E-state index is 2.60. The van der Waals surface area contributed by atoms with E-state index in [0.717, 1.165) is 6.04 Å². The molecule has 0 atom stereocenters. The molecule has 0 N–H and O–H groups in total. The van der Waals surface area contributed by atoms with E-state index >= 15 is 0 Å². The van der Waals surface area contributed by atoms with Gasteiger partial charge in [0.1, 0.15) is 0 Å². The lowest BCUT2D eigenvalue weighted by Gasteiger charge is -2.24. The Labute approximate surface area is 132 Å². The summed E-state index contributed by atoms with van der Waals surface area (Å²) in [5.74, 6) is 0. The van der Waals surface area contributed by atoms with E-state index in [4.69, 9.17) is 0 Å². The zero-order chi connectivity index (χ0) is 15.1. The first-order valence-corrected chi connectivity index (χ1v) is 10.3. The predicted octanol–water partition coefficient (Wildman–Crippen LogP) is 5.07. The minimum Gasteiger partial charge on any atom is -0.332 e. The highest BCUT2D eigenvalue weighted by Gasteiger charge is 2.10. The molecular formula is C18H41NSi. The molecule has 20 heavy (non-hydrogen) atoms. The van der Waals surface area contributed by atoms with Crippen LogP contribution in [0, 0.1) is 0 Å². The molecule has 0 aliphatic heterocycles. The van der Waals surface area contributed by atoms with Gasteiger partial charge in [0.25, 0.3) is 0 Å². The van der Waals surface area contributed by atoms with Crippen molar-refractivity contribution >= 4 is 10.4 Å². The fourth-order valence-corrected chi connectivity index (χ4v) is 3.50. The molecule has 0 aromatic heterocycles. The van der Waals surface area contributed by atoms with Crippen LogP contribution in [-0.4, -0.2) is 28.1 Å². The van der Waals surface area contributed by atoms with Crippen molar-refractivity contribution in [3.8, 4) is 0 Å². The maximum atomic E-state index is 2.60. The molecule has 0 saturated carbocycles. The van der Waals surface area contributed by atoms with Gasteiger partial charge in [0.05, 0.1) is 10.4 Å². The van der Waals surface area contributed by atoms with Crippen LogP contribution in [0.5, 0.6) is 0 Å². The van der Waals surface area contributed by atoms with Crippen LogP contribution in [0.1, 0.15) is 104 Å². The Hall–Kier alpha value is 0.177. The highest BCUT2D eigenvalue weighted by atomic mass is 28.2. The fraction of sp³-hybridized carbons (Fsp3) is 1.00. The minimum atomic E-state index is 0.888. The molecule has 0 aliphatic rings. The maximum Gasteiger partial charge on any atom is 0.0784 e. The molecule has 0 aromatic rings. The smallest absolute Gasteiger partial charge is 0.0784 e. The van der Waals surface area contributed by atoms with Crippen LogP contribution in [0.3, 0.4) is 0 Å². The van der Waals surface area contributed by atoms with Gasteiger partial charge in [-0.25, -0.2) is 0 Å². The number of rotatable bonds is 15. The summed E-state index contributed by atoms with van der Waals surface area (Å²) in [6, 6.07) is 0.888. The highest BCUT2D eigenvalue weighted by molar-refractivity contribution is 6.04. The third-order valence-corrected chi connectivity index (χ3v) is 5.24. The van der Waals surface area contributed by atoms with Gasteiger partial charge in [-0.1, -0.05) is 90.9 Å². The minimum absolute atomic E-state index is 0.888. The SMILES string of the molecule is CCCCCCCCC(CCCCCCCC)N(C)[SiH3]. The molecule has 0 saturated heterocycles. The zero-order valence-electron chi connectivity index (χ0n) is 14.9. The third-order valence-electron chi connectivity index (χ3n) is 4.51. The Balaban J connectivity index is 3.51. The second kappa shape index (κ2) is 15.6. The lowest BCUT2D eigenvalue weighted by molar-refractivity contribution is 0.327. The summed E-state index contributed by atoms with van der Waals surface area (Å²) in [6.07, 6.45) is 20.1. The van der Waals surface area contributed by atoms with E-state index in [0.29, 0.717) is 0 Å². The van der Waals surface area contributed by atoms with E-state index in [-0.39, 0.29) is 0 Å². The third kappa shape index (κ3) is 13.2. The molecule has 0 aromatic carbocycles. The van der Waals surface area contributed by atoms with Crippen molar-refractivity contribution in [3.63, 3.8) is 0 Å². The van der Waals surface area contributed by atoms with Crippen molar-refractivity contribution in [2.45, 2.75) is 110 Å². The molecule has 0 aliphatic carbocycles. The van der Waals surface area contributed by atoms with E-state index in [1.165, 1.54) is 100 Å². The van der Waals surface area contributed by atoms with Crippen molar-refractivity contribution < 1.29 is 0 Å². The predicted molar refractivity (Wildman–Crippen MR) is 97.5 cm³/mol. The summed E-state index contributed by atoms with van der Waals surface area (Å²) < 4.78 is 2.60. The van der Waals surface area contributed by atoms with Gasteiger partial charge in [0.15, 0.2) is 0 Å². The van der Waals surface area contributed by atoms with E-state index in [1.807, 2.05) is 0 Å². The van der Waals surface area contributed by atoms with Crippen molar-refractivity contribution in [2.75, 3.05) is 7.05 Å². The molecule has 122 valence electrons. The van der Waals surface area contributed by atoms with Gasteiger partial charge in [0.2, 0.25) is 0 Å². The Morgan fingerprint density at radius 2 is 1.00 bits per heavy atom. The van der Waals surface area contributed by atoms with Crippen molar-refractivity contribution in [2.24, 2.45) is 0 Å². The first-order chi connectivity index (χ1) is 9.72. The van der Waals surface area contributed by atoms with Crippen molar-refractivity contribution in [3.05, 3.63) is 0 Å². The normalized spacial score (nSPS) is 11.8. The van der Waals surface area contributed by atoms with E-state index in [1.54, 1.807) is 0 Å². The molecule has 2 heteroatoms. The lowest BCUT2D eigenvalue weighted by Crippen LogP contribution is -2.29. The summed E-state index contributed by atoms with van der Waals surface area (Å²) in [7, 11) is 3.55. The Bertz CT molecular complexity index is 166. The van der Waals surface area contributed by atoms with Crippen LogP contribution in [0.4, 0.5) is 0 Å². The second-order valence-corrected chi connectivity index (χ2v) is 8.14. The molecule has 0 heterocycles. The molecule has 0 bridgehead atoms. The second-order valence-electron chi connectivity index (χ2n) is 6.73. The van der Waals surface area contributed by atoms with Crippen LogP contribution in [0.25, 0.3) is 0 Å². The van der Waals surface area contributed by atoms with Crippen molar-refractivity contribution in [1.29, 1.82) is 0 Å². The molecule has 0 radical (unpaired) electrons. The monoisotopic (exact) mass is 299 g/mol. The van der Waals surface area contributed by atoms with Crippen LogP contribution in [0.2, 0.25) is 0 Å². The zero-order valence-corrected chi connectivity index (χ0v) is 16.9. The van der Waals surface area contributed by atoms with E-state index in [2.05, 4.69) is 25.5 Å². The van der Waals surface area contributed by atoms with E-state index < -0.39 is 0 Å². The Kier molecular flexibility index (Phi) is 15.7. The molecule has 1 nitrogen and oxygen atoms in total. The number of hydrogen-bond acceptors (Lipinski definition) is 1. The molecule has 0 spiro atoms. The highest BCUT2D eigenvalue weighted by Crippen LogP contribution is 2.16. The molecule has 0 amide bonds. The van der Waals surface area contributed by atoms with E-state index in [9.17, 15) is 0 Å². The van der Waals surface area contributed by atoms with Gasteiger partial charge in [0, 0.05) is 6.04 Å². The summed E-state index contributed by atoms with van der Waals surface area (Å²) >= 11 is 0. The van der Waals surface area contributed by atoms with Crippen LogP contribution in [-0.2, 0) is 0 Å². The lowest BCUT2D eigenvalue weighted by atomic mass is 10.0. The first-order valence-electron chi connectivity index (χ1n) is 9.38. The van der Waals surface area contributed by atoms with Gasteiger partial charge in [-0.2, -0.15) is 0 Å². The van der Waals surface area contributed by atoms with Gasteiger partial charge in [-0.3, -0.25) is 0 Å². The Morgan fingerprint density at radius 1 is 0.650 bits per heavy atom. The summed E-state index contributed by atoms with van der Waals surface area (Å²) in [6.45, 7) is 4.60. The molecule has 0 rings (SSSR count).